The monoisotopic (exact) mass is 467 g/mol. The predicted molar refractivity (Wildman–Crippen MR) is 107 cm³/mol. The first-order valence-electron chi connectivity index (χ1n) is 8.34. The van der Waals surface area contributed by atoms with Crippen LogP contribution in [0.15, 0.2) is 60.7 Å². The van der Waals surface area contributed by atoms with Gasteiger partial charge in [-0.3, -0.25) is 0 Å². The second kappa shape index (κ2) is 7.65. The van der Waals surface area contributed by atoms with Gasteiger partial charge in [0, 0.05) is 0 Å². The summed E-state index contributed by atoms with van der Waals surface area (Å²) in [5.74, 6) is -0.378. The first kappa shape index (κ1) is 18.7. The maximum atomic E-state index is 12.8. The number of hydrogen-bond donors (Lipinski definition) is 0. The molecule has 0 aliphatic carbocycles. The number of ether oxygens (including phenoxy) is 1. The van der Waals surface area contributed by atoms with E-state index in [1.165, 1.54) is 4.90 Å². The molecule has 1 unspecified atom stereocenters. The molecule has 0 N–H and O–H groups in total. The molecule has 26 heavy (non-hydrogen) atoms. The van der Waals surface area contributed by atoms with Crippen LogP contribution in [0.3, 0.4) is 0 Å². The molecule has 1 aliphatic rings. The normalized spacial score (nSPS) is 19.0. The van der Waals surface area contributed by atoms with Gasteiger partial charge in [-0.15, -0.1) is 0 Å². The Labute approximate surface area is 161 Å². The summed E-state index contributed by atoms with van der Waals surface area (Å²) in [5.41, 5.74) is 0.325. The van der Waals surface area contributed by atoms with Crippen LogP contribution < -0.4 is 0 Å². The van der Waals surface area contributed by atoms with Crippen molar-refractivity contribution in [3.05, 3.63) is 69.8 Å². The Kier molecular flexibility index (Phi) is 5.50. The van der Waals surface area contributed by atoms with Crippen molar-refractivity contribution in [3.63, 3.8) is 0 Å². The number of rotatable bonds is 2. The molecule has 3 rings (SSSR count). The van der Waals surface area contributed by atoms with E-state index in [2.05, 4.69) is 0 Å². The quantitative estimate of drug-likeness (QED) is 0.363. The standard InChI is InChI=1S/C20H22INO4/c1-20(2,3)25-19(24)22-14-17(23)26-21(16-12-8-5-9-13-16)18(22)15-10-6-4-7-11-15/h4-13,18H,14H2,1-3H3. The van der Waals surface area contributed by atoms with Crippen molar-refractivity contribution in [1.82, 2.24) is 4.90 Å². The van der Waals surface area contributed by atoms with E-state index in [9.17, 15) is 9.59 Å². The van der Waals surface area contributed by atoms with E-state index < -0.39 is 31.9 Å². The number of carbonyl (C=O) groups is 2. The fraction of sp³-hybridized carbons (Fsp3) is 0.300. The Balaban J connectivity index is 2.03. The van der Waals surface area contributed by atoms with E-state index in [-0.39, 0.29) is 16.6 Å². The summed E-state index contributed by atoms with van der Waals surface area (Å²) in [4.78, 5) is 26.6. The third-order valence-corrected chi connectivity index (χ3v) is 8.96. The van der Waals surface area contributed by atoms with Crippen LogP contribution in [-0.2, 0) is 12.6 Å². The molecule has 0 spiro atoms. The van der Waals surface area contributed by atoms with Crippen LogP contribution in [0.2, 0.25) is 0 Å². The molecule has 1 aliphatic heterocycles. The summed E-state index contributed by atoms with van der Waals surface area (Å²) < 4.78 is 12.1. The van der Waals surface area contributed by atoms with Crippen molar-refractivity contribution >= 4 is 32.3 Å². The first-order chi connectivity index (χ1) is 12.3. The molecule has 1 fully saturated rings. The van der Waals surface area contributed by atoms with Gasteiger partial charge in [0.25, 0.3) is 0 Å². The minimum atomic E-state index is -2.51. The average molecular weight is 467 g/mol. The van der Waals surface area contributed by atoms with Gasteiger partial charge in [-0.05, 0) is 0 Å². The van der Waals surface area contributed by atoms with Gasteiger partial charge in [-0.25, -0.2) is 0 Å². The van der Waals surface area contributed by atoms with Gasteiger partial charge in [0.2, 0.25) is 0 Å². The molecule has 1 amide bonds. The van der Waals surface area contributed by atoms with E-state index in [1.807, 2.05) is 81.4 Å². The summed E-state index contributed by atoms with van der Waals surface area (Å²) in [6, 6.07) is 19.4. The predicted octanol–water partition coefficient (Wildman–Crippen LogP) is 4.77. The number of nitrogens with zero attached hydrogens (tertiary/aromatic N) is 1. The molecule has 0 radical (unpaired) electrons. The molecule has 0 saturated carbocycles. The van der Waals surface area contributed by atoms with E-state index in [1.54, 1.807) is 0 Å². The van der Waals surface area contributed by atoms with Gasteiger partial charge in [0.15, 0.2) is 0 Å². The number of carbonyl (C=O) groups excluding carboxylic acids is 2. The summed E-state index contributed by atoms with van der Waals surface area (Å²) in [5, 5.41) is 0. The van der Waals surface area contributed by atoms with Gasteiger partial charge < -0.3 is 0 Å². The molecule has 2 aromatic carbocycles. The van der Waals surface area contributed by atoms with E-state index >= 15 is 0 Å². The van der Waals surface area contributed by atoms with E-state index in [0.717, 1.165) is 9.13 Å². The van der Waals surface area contributed by atoms with Crippen molar-refractivity contribution in [1.29, 1.82) is 0 Å². The molecular weight excluding hydrogens is 445 g/mol. The van der Waals surface area contributed by atoms with Crippen LogP contribution in [0.1, 0.15) is 30.4 Å². The minimum absolute atomic E-state index is 0.102. The van der Waals surface area contributed by atoms with Crippen molar-refractivity contribution in [2.45, 2.75) is 30.4 Å². The Bertz CT molecular complexity index is 773. The average Bonchev–Trinajstić information content (AvgIpc) is 2.61. The Morgan fingerprint density at radius 2 is 1.65 bits per heavy atom. The third-order valence-electron chi connectivity index (χ3n) is 3.58. The van der Waals surface area contributed by atoms with Crippen molar-refractivity contribution in [3.8, 4) is 0 Å². The zero-order valence-electron chi connectivity index (χ0n) is 15.0. The van der Waals surface area contributed by atoms with E-state index in [4.69, 9.17) is 7.80 Å². The Hall–Kier alpha value is -2.09. The molecule has 0 bridgehead atoms. The van der Waals surface area contributed by atoms with Gasteiger partial charge >= 0.3 is 161 Å². The third kappa shape index (κ3) is 4.35. The topological polar surface area (TPSA) is 55.8 Å². The van der Waals surface area contributed by atoms with E-state index in [0.29, 0.717) is 0 Å². The Morgan fingerprint density at radius 3 is 2.23 bits per heavy atom. The molecular formula is C20H22INO4. The number of benzene rings is 2. The molecule has 5 nitrogen and oxygen atoms in total. The fourth-order valence-electron chi connectivity index (χ4n) is 2.57. The molecule has 1 heterocycles. The second-order valence-corrected chi connectivity index (χ2v) is 11.3. The van der Waals surface area contributed by atoms with Crippen molar-refractivity contribution < 1.29 is 17.4 Å². The van der Waals surface area contributed by atoms with Crippen LogP contribution in [0.4, 0.5) is 4.79 Å². The van der Waals surface area contributed by atoms with Gasteiger partial charge in [-0.1, -0.05) is 0 Å². The van der Waals surface area contributed by atoms with Crippen LogP contribution in [-0.4, -0.2) is 29.1 Å². The van der Waals surface area contributed by atoms with Gasteiger partial charge in [-0.2, -0.15) is 0 Å². The van der Waals surface area contributed by atoms with Crippen LogP contribution in [0.5, 0.6) is 0 Å². The summed E-state index contributed by atoms with van der Waals surface area (Å²) in [7, 11) is 0. The number of amides is 1. The SMILES string of the molecule is CC(C)(C)OC(=O)N1CC(=O)OI(c2ccccc2)C1c1ccccc1. The molecule has 138 valence electrons. The maximum absolute atomic E-state index is 12.8. The number of halogens is 1. The van der Waals surface area contributed by atoms with Crippen LogP contribution in [0, 0.1) is 3.57 Å². The second-order valence-electron chi connectivity index (χ2n) is 6.87. The molecule has 2 aromatic rings. The zero-order chi connectivity index (χ0) is 18.7. The number of hydrogen-bond acceptors (Lipinski definition) is 4. The number of alkyl halides is 1. The molecule has 1 atom stereocenters. The molecule has 1 saturated heterocycles. The molecule has 0 aromatic heterocycles. The summed E-state index contributed by atoms with van der Waals surface area (Å²) >= 11 is -2.51. The Morgan fingerprint density at radius 1 is 1.08 bits per heavy atom. The van der Waals surface area contributed by atoms with Gasteiger partial charge in [0.05, 0.1) is 0 Å². The summed E-state index contributed by atoms with van der Waals surface area (Å²) in [6.45, 7) is 5.35. The van der Waals surface area contributed by atoms with Crippen molar-refractivity contribution in [2.24, 2.45) is 0 Å². The first-order valence-corrected chi connectivity index (χ1v) is 11.5. The van der Waals surface area contributed by atoms with Crippen LogP contribution >= 0.6 is 20.2 Å². The van der Waals surface area contributed by atoms with Gasteiger partial charge in [0.1, 0.15) is 0 Å². The van der Waals surface area contributed by atoms with Crippen molar-refractivity contribution in [2.75, 3.05) is 6.54 Å². The van der Waals surface area contributed by atoms with Crippen LogP contribution in [0.25, 0.3) is 0 Å². The molecule has 6 heteroatoms. The fourth-order valence-corrected chi connectivity index (χ4v) is 7.64. The summed E-state index contributed by atoms with van der Waals surface area (Å²) in [6.07, 6.45) is -0.485. The zero-order valence-corrected chi connectivity index (χ0v) is 17.2.